The number of sulfonamides is 1. The Kier molecular flexibility index (Phi) is 5.05. The summed E-state index contributed by atoms with van der Waals surface area (Å²) in [5, 5.41) is 10.9. The molecular weight excluding hydrogens is 314 g/mol. The molecule has 2 rings (SSSR count). The summed E-state index contributed by atoms with van der Waals surface area (Å²) in [5.41, 5.74) is 1.75. The van der Waals surface area contributed by atoms with Gasteiger partial charge in [-0.05, 0) is 47.7 Å². The van der Waals surface area contributed by atoms with Crippen LogP contribution in [-0.2, 0) is 22.9 Å². The molecule has 0 aliphatic heterocycles. The van der Waals surface area contributed by atoms with Crippen molar-refractivity contribution in [2.45, 2.75) is 31.6 Å². The lowest BCUT2D eigenvalue weighted by Crippen LogP contribution is -2.22. The second kappa shape index (κ2) is 6.83. The molecule has 5 nitrogen and oxygen atoms in total. The SMILES string of the molecule is CCc1ccc(CC)c(S(=O)(=O)Nc2cccc(C(=O)[O-])c2)c1. The Morgan fingerprint density at radius 3 is 2.43 bits per heavy atom. The van der Waals surface area contributed by atoms with Crippen molar-refractivity contribution in [1.29, 1.82) is 0 Å². The third-order valence-corrected chi connectivity index (χ3v) is 5.02. The normalized spacial score (nSPS) is 11.2. The molecule has 0 aliphatic rings. The highest BCUT2D eigenvalue weighted by molar-refractivity contribution is 7.92. The predicted molar refractivity (Wildman–Crippen MR) is 86.8 cm³/mol. The molecule has 2 aromatic carbocycles. The second-order valence-corrected chi connectivity index (χ2v) is 6.77. The number of hydrogen-bond donors (Lipinski definition) is 1. The maximum atomic E-state index is 12.7. The standard InChI is InChI=1S/C17H19NO4S/c1-3-12-8-9-13(4-2)16(10-12)23(21,22)18-15-7-5-6-14(11-15)17(19)20/h5-11,18H,3-4H2,1-2H3,(H,19,20)/p-1. The minimum Gasteiger partial charge on any atom is -0.545 e. The zero-order valence-corrected chi connectivity index (χ0v) is 13.8. The van der Waals surface area contributed by atoms with Crippen LogP contribution in [0, 0.1) is 0 Å². The number of carbonyl (C=O) groups excluding carboxylic acids is 1. The summed E-state index contributed by atoms with van der Waals surface area (Å²) in [5.74, 6) is -1.35. The van der Waals surface area contributed by atoms with E-state index in [1.54, 1.807) is 6.07 Å². The predicted octanol–water partition coefficient (Wildman–Crippen LogP) is 1.98. The van der Waals surface area contributed by atoms with Gasteiger partial charge < -0.3 is 9.90 Å². The average Bonchev–Trinajstić information content (AvgIpc) is 2.54. The number of aryl methyl sites for hydroxylation is 2. The molecule has 0 aliphatic carbocycles. The van der Waals surface area contributed by atoms with Crippen LogP contribution in [0.2, 0.25) is 0 Å². The van der Waals surface area contributed by atoms with E-state index < -0.39 is 16.0 Å². The molecule has 0 atom stereocenters. The fraction of sp³-hybridized carbons (Fsp3) is 0.235. The van der Waals surface area contributed by atoms with Crippen molar-refractivity contribution in [3.05, 3.63) is 59.2 Å². The van der Waals surface area contributed by atoms with Gasteiger partial charge in [-0.3, -0.25) is 4.72 Å². The van der Waals surface area contributed by atoms with Gasteiger partial charge >= 0.3 is 0 Å². The van der Waals surface area contributed by atoms with Crippen LogP contribution in [-0.4, -0.2) is 14.4 Å². The Morgan fingerprint density at radius 1 is 1.09 bits per heavy atom. The largest absolute Gasteiger partial charge is 0.545 e. The highest BCUT2D eigenvalue weighted by atomic mass is 32.2. The Bertz CT molecular complexity index is 828. The van der Waals surface area contributed by atoms with E-state index in [0.29, 0.717) is 12.0 Å². The van der Waals surface area contributed by atoms with Gasteiger partial charge in [0.1, 0.15) is 0 Å². The van der Waals surface area contributed by atoms with E-state index in [2.05, 4.69) is 4.72 Å². The van der Waals surface area contributed by atoms with Crippen LogP contribution in [0.5, 0.6) is 0 Å². The Balaban J connectivity index is 2.43. The quantitative estimate of drug-likeness (QED) is 0.876. The maximum absolute atomic E-state index is 12.7. The first kappa shape index (κ1) is 17.0. The summed E-state index contributed by atoms with van der Waals surface area (Å²) in [6.07, 6.45) is 1.31. The van der Waals surface area contributed by atoms with Gasteiger partial charge in [0, 0.05) is 5.69 Å². The number of aromatic carboxylic acids is 1. The van der Waals surface area contributed by atoms with Crippen molar-refractivity contribution in [2.75, 3.05) is 4.72 Å². The Hall–Kier alpha value is -2.34. The summed E-state index contributed by atoms with van der Waals surface area (Å²) in [6, 6.07) is 10.9. The van der Waals surface area contributed by atoms with Gasteiger partial charge in [-0.15, -0.1) is 0 Å². The molecule has 0 heterocycles. The van der Waals surface area contributed by atoms with Crippen molar-refractivity contribution < 1.29 is 18.3 Å². The molecule has 0 spiro atoms. The van der Waals surface area contributed by atoms with Gasteiger partial charge in [0.25, 0.3) is 10.0 Å². The van der Waals surface area contributed by atoms with Crippen LogP contribution < -0.4 is 9.83 Å². The van der Waals surface area contributed by atoms with Crippen molar-refractivity contribution in [3.8, 4) is 0 Å². The molecule has 1 N–H and O–H groups in total. The number of carboxylic acids is 1. The van der Waals surface area contributed by atoms with Crippen molar-refractivity contribution in [2.24, 2.45) is 0 Å². The molecule has 2 aromatic rings. The smallest absolute Gasteiger partial charge is 0.262 e. The Morgan fingerprint density at radius 2 is 1.83 bits per heavy atom. The van der Waals surface area contributed by atoms with Crippen LogP contribution in [0.3, 0.4) is 0 Å². The van der Waals surface area contributed by atoms with Gasteiger partial charge in [0.2, 0.25) is 0 Å². The fourth-order valence-corrected chi connectivity index (χ4v) is 3.69. The van der Waals surface area contributed by atoms with Crippen LogP contribution in [0.15, 0.2) is 47.4 Å². The minimum atomic E-state index is -3.79. The number of anilines is 1. The summed E-state index contributed by atoms with van der Waals surface area (Å²) < 4.78 is 27.7. The molecular formula is C17H18NO4S-. The number of hydrogen-bond acceptors (Lipinski definition) is 4. The van der Waals surface area contributed by atoms with Crippen LogP contribution in [0.4, 0.5) is 5.69 Å². The molecule has 0 aromatic heterocycles. The fourth-order valence-electron chi connectivity index (χ4n) is 2.28. The number of nitrogens with one attached hydrogen (secondary N) is 1. The summed E-state index contributed by atoms with van der Waals surface area (Å²) in [7, 11) is -3.79. The zero-order valence-electron chi connectivity index (χ0n) is 13.0. The zero-order chi connectivity index (χ0) is 17.0. The van der Waals surface area contributed by atoms with E-state index in [9.17, 15) is 18.3 Å². The average molecular weight is 332 g/mol. The van der Waals surface area contributed by atoms with Crippen LogP contribution in [0.25, 0.3) is 0 Å². The van der Waals surface area contributed by atoms with Gasteiger partial charge in [0.15, 0.2) is 0 Å². The van der Waals surface area contributed by atoms with E-state index in [0.717, 1.165) is 12.0 Å². The molecule has 122 valence electrons. The summed E-state index contributed by atoms with van der Waals surface area (Å²) >= 11 is 0. The second-order valence-electron chi connectivity index (χ2n) is 5.12. The third kappa shape index (κ3) is 3.90. The molecule has 0 radical (unpaired) electrons. The van der Waals surface area contributed by atoms with E-state index >= 15 is 0 Å². The topological polar surface area (TPSA) is 86.3 Å². The van der Waals surface area contributed by atoms with E-state index in [1.807, 2.05) is 26.0 Å². The van der Waals surface area contributed by atoms with Gasteiger partial charge in [-0.1, -0.05) is 38.1 Å². The van der Waals surface area contributed by atoms with Crippen molar-refractivity contribution in [1.82, 2.24) is 0 Å². The maximum Gasteiger partial charge on any atom is 0.262 e. The molecule has 0 saturated heterocycles. The lowest BCUT2D eigenvalue weighted by Gasteiger charge is -2.14. The number of rotatable bonds is 6. The van der Waals surface area contributed by atoms with E-state index in [-0.39, 0.29) is 16.1 Å². The monoisotopic (exact) mass is 332 g/mol. The molecule has 0 fully saturated rings. The highest BCUT2D eigenvalue weighted by Gasteiger charge is 2.18. The lowest BCUT2D eigenvalue weighted by molar-refractivity contribution is -0.255. The molecule has 23 heavy (non-hydrogen) atoms. The van der Waals surface area contributed by atoms with Crippen molar-refractivity contribution in [3.63, 3.8) is 0 Å². The number of carboxylic acid groups (broad SMARTS) is 1. The van der Waals surface area contributed by atoms with Crippen LogP contribution in [0.1, 0.15) is 35.3 Å². The summed E-state index contributed by atoms with van der Waals surface area (Å²) in [6.45, 7) is 3.84. The van der Waals surface area contributed by atoms with E-state index in [4.69, 9.17) is 0 Å². The lowest BCUT2D eigenvalue weighted by atomic mass is 10.1. The first-order valence-corrected chi connectivity index (χ1v) is 8.81. The third-order valence-electron chi connectivity index (χ3n) is 3.56. The minimum absolute atomic E-state index is 0.0803. The van der Waals surface area contributed by atoms with Crippen molar-refractivity contribution >= 4 is 21.7 Å². The van der Waals surface area contributed by atoms with Gasteiger partial charge in [0.05, 0.1) is 10.9 Å². The highest BCUT2D eigenvalue weighted by Crippen LogP contribution is 2.22. The van der Waals surface area contributed by atoms with Gasteiger partial charge in [-0.25, -0.2) is 8.42 Å². The number of carbonyl (C=O) groups is 1. The summed E-state index contributed by atoms with van der Waals surface area (Å²) in [4.78, 5) is 11.1. The van der Waals surface area contributed by atoms with Gasteiger partial charge in [-0.2, -0.15) is 0 Å². The first-order valence-electron chi connectivity index (χ1n) is 7.33. The molecule has 0 amide bonds. The first-order chi connectivity index (χ1) is 10.9. The number of benzene rings is 2. The molecule has 0 unspecified atom stereocenters. The molecule has 0 saturated carbocycles. The van der Waals surface area contributed by atoms with Crippen LogP contribution >= 0.6 is 0 Å². The molecule has 0 bridgehead atoms. The Labute approximate surface area is 136 Å². The van der Waals surface area contributed by atoms with E-state index in [1.165, 1.54) is 24.3 Å². The molecule has 6 heteroatoms.